The zero-order valence-corrected chi connectivity index (χ0v) is 11.9. The molecule has 0 fully saturated rings. The fourth-order valence-electron chi connectivity index (χ4n) is 1.93. The van der Waals surface area contributed by atoms with Crippen LogP contribution in [0.1, 0.15) is 12.1 Å². The summed E-state index contributed by atoms with van der Waals surface area (Å²) in [6, 6.07) is 0. The van der Waals surface area contributed by atoms with E-state index in [0.717, 1.165) is 4.68 Å². The summed E-state index contributed by atoms with van der Waals surface area (Å²) in [7, 11) is 0. The van der Waals surface area contributed by atoms with Crippen molar-refractivity contribution in [3.05, 3.63) is 16.9 Å². The number of aromatic nitrogens is 2. The summed E-state index contributed by atoms with van der Waals surface area (Å²) in [4.78, 5) is 12.0. The lowest BCUT2D eigenvalue weighted by molar-refractivity contribution is -0.192. The van der Waals surface area contributed by atoms with Crippen LogP contribution < -0.4 is 0 Å². The number of nitrogens with zero attached hydrogens (tertiary/aromatic N) is 4. The maximum Gasteiger partial charge on any atom is 0.287 e. The molecular weight excluding hydrogens is 332 g/mol. The second-order valence-electron chi connectivity index (χ2n) is 4.71. The number of hydrazone groups is 1. The number of halogens is 5. The van der Waals surface area contributed by atoms with Crippen LogP contribution in [-0.2, 0) is 11.3 Å². The van der Waals surface area contributed by atoms with Gasteiger partial charge in [0, 0.05) is 12.6 Å². The Kier molecular flexibility index (Phi) is 4.43. The van der Waals surface area contributed by atoms with E-state index in [1.807, 2.05) is 0 Å². The molecule has 2 rings (SSSR count). The van der Waals surface area contributed by atoms with Crippen LogP contribution in [0, 0.1) is 6.92 Å². The van der Waals surface area contributed by atoms with E-state index in [4.69, 9.17) is 11.6 Å². The van der Waals surface area contributed by atoms with Crippen molar-refractivity contribution in [1.82, 2.24) is 14.8 Å². The first-order valence-electron chi connectivity index (χ1n) is 6.04. The van der Waals surface area contributed by atoms with Gasteiger partial charge < -0.3 is 5.11 Å². The van der Waals surface area contributed by atoms with E-state index in [-0.39, 0.29) is 10.0 Å². The zero-order chi connectivity index (χ0) is 16.7. The summed E-state index contributed by atoms with van der Waals surface area (Å²) in [5.41, 5.74) is -3.67. The molecule has 1 aromatic rings. The summed E-state index contributed by atoms with van der Waals surface area (Å²) in [5, 5.41) is 17.0. The lowest BCUT2D eigenvalue weighted by Crippen LogP contribution is -2.52. The van der Waals surface area contributed by atoms with E-state index in [2.05, 4.69) is 10.2 Å². The van der Waals surface area contributed by atoms with Gasteiger partial charge in [-0.2, -0.15) is 15.2 Å². The first-order chi connectivity index (χ1) is 10.1. The third-order valence-electron chi connectivity index (χ3n) is 3.06. The third kappa shape index (κ3) is 2.93. The van der Waals surface area contributed by atoms with Gasteiger partial charge in [0.25, 0.3) is 18.8 Å². The number of aliphatic hydroxyl groups is 1. The van der Waals surface area contributed by atoms with Crippen LogP contribution in [0.3, 0.4) is 0 Å². The molecule has 0 bridgehead atoms. The average molecular weight is 343 g/mol. The number of amides is 1. The van der Waals surface area contributed by atoms with Crippen LogP contribution in [0.4, 0.5) is 17.6 Å². The molecule has 122 valence electrons. The summed E-state index contributed by atoms with van der Waals surface area (Å²) in [6.45, 7) is 0.977. The molecule has 0 unspecified atom stereocenters. The van der Waals surface area contributed by atoms with Crippen molar-refractivity contribution in [2.24, 2.45) is 5.10 Å². The smallest absolute Gasteiger partial charge is 0.287 e. The molecule has 0 radical (unpaired) electrons. The SMILES string of the molecule is Cc1nn(CC(=O)N2N=C(C(F)F)C[C@@]2(O)C(F)F)cc1Cl. The molecule has 0 aliphatic carbocycles. The largest absolute Gasteiger partial charge is 0.364 e. The quantitative estimate of drug-likeness (QED) is 0.846. The van der Waals surface area contributed by atoms with Crippen molar-refractivity contribution in [2.45, 2.75) is 38.5 Å². The van der Waals surface area contributed by atoms with Crippen molar-refractivity contribution >= 4 is 23.2 Å². The molecule has 1 amide bonds. The molecule has 1 aliphatic heterocycles. The molecule has 0 aromatic carbocycles. The molecule has 2 heterocycles. The first-order valence-corrected chi connectivity index (χ1v) is 6.41. The molecule has 22 heavy (non-hydrogen) atoms. The number of carbonyl (C=O) groups is 1. The van der Waals surface area contributed by atoms with Crippen LogP contribution in [0.25, 0.3) is 0 Å². The van der Waals surface area contributed by atoms with E-state index in [1.54, 1.807) is 6.92 Å². The van der Waals surface area contributed by atoms with Gasteiger partial charge in [0.05, 0.1) is 10.7 Å². The Morgan fingerprint density at radius 2 is 2.14 bits per heavy atom. The topological polar surface area (TPSA) is 70.7 Å². The standard InChI is InChI=1S/C11H11ClF4N4O2/c1-5-6(12)3-19(17-5)4-8(21)20-11(22,10(15)16)2-7(18-20)9(13)14/h3,9-10,22H,2,4H2,1H3/t11-/m1/s1. The predicted molar refractivity (Wildman–Crippen MR) is 67.8 cm³/mol. The summed E-state index contributed by atoms with van der Waals surface area (Å²) in [5.74, 6) is -1.11. The molecule has 1 N–H and O–H groups in total. The lowest BCUT2D eigenvalue weighted by atomic mass is 10.1. The molecule has 0 spiro atoms. The maximum absolute atomic E-state index is 13.0. The zero-order valence-electron chi connectivity index (χ0n) is 11.2. The molecule has 0 saturated heterocycles. The highest BCUT2D eigenvalue weighted by atomic mass is 35.5. The molecule has 1 atom stereocenters. The van der Waals surface area contributed by atoms with Crippen molar-refractivity contribution in [3.8, 4) is 0 Å². The fourth-order valence-corrected chi connectivity index (χ4v) is 2.08. The summed E-state index contributed by atoms with van der Waals surface area (Å²) >= 11 is 5.74. The Morgan fingerprint density at radius 1 is 1.50 bits per heavy atom. The maximum atomic E-state index is 13.0. The predicted octanol–water partition coefficient (Wildman–Crippen LogP) is 1.65. The number of carbonyl (C=O) groups excluding carboxylic acids is 1. The normalized spacial score (nSPS) is 21.9. The van der Waals surface area contributed by atoms with Gasteiger partial charge in [0.2, 0.25) is 5.72 Å². The van der Waals surface area contributed by atoms with Gasteiger partial charge in [0.15, 0.2) is 0 Å². The van der Waals surface area contributed by atoms with Gasteiger partial charge in [-0.3, -0.25) is 9.48 Å². The number of alkyl halides is 4. The number of aryl methyl sites for hydroxylation is 1. The van der Waals surface area contributed by atoms with Crippen molar-refractivity contribution in [1.29, 1.82) is 0 Å². The molecule has 1 aromatic heterocycles. The van der Waals surface area contributed by atoms with Crippen LogP contribution in [0.15, 0.2) is 11.3 Å². The highest BCUT2D eigenvalue weighted by molar-refractivity contribution is 6.31. The molecule has 6 nitrogen and oxygen atoms in total. The van der Waals surface area contributed by atoms with E-state index in [1.165, 1.54) is 6.20 Å². The summed E-state index contributed by atoms with van der Waals surface area (Å²) in [6.07, 6.45) is -6.46. The molecular formula is C11H11ClF4N4O2. The second kappa shape index (κ2) is 5.84. The highest BCUT2D eigenvalue weighted by Crippen LogP contribution is 2.33. The van der Waals surface area contributed by atoms with Crippen molar-refractivity contribution < 1.29 is 27.5 Å². The Labute approximate surface area is 126 Å². The Morgan fingerprint density at radius 3 is 2.59 bits per heavy atom. The monoisotopic (exact) mass is 342 g/mol. The molecule has 11 heteroatoms. The number of hydrogen-bond donors (Lipinski definition) is 1. The Bertz CT molecular complexity index is 602. The summed E-state index contributed by atoms with van der Waals surface area (Å²) < 4.78 is 52.2. The minimum absolute atomic E-state index is 0.00984. The van der Waals surface area contributed by atoms with Crippen molar-refractivity contribution in [3.63, 3.8) is 0 Å². The van der Waals surface area contributed by atoms with Gasteiger partial charge in [0.1, 0.15) is 12.3 Å². The average Bonchev–Trinajstić information content (AvgIpc) is 2.92. The second-order valence-corrected chi connectivity index (χ2v) is 5.12. The van der Waals surface area contributed by atoms with Gasteiger partial charge >= 0.3 is 0 Å². The van der Waals surface area contributed by atoms with E-state index in [9.17, 15) is 27.5 Å². The van der Waals surface area contributed by atoms with Crippen LogP contribution >= 0.6 is 11.6 Å². The van der Waals surface area contributed by atoms with Crippen molar-refractivity contribution in [2.75, 3.05) is 0 Å². The first kappa shape index (κ1) is 16.7. The van der Waals surface area contributed by atoms with E-state index < -0.39 is 43.2 Å². The third-order valence-corrected chi connectivity index (χ3v) is 3.43. The van der Waals surface area contributed by atoms with Gasteiger partial charge in [-0.1, -0.05) is 11.6 Å². The van der Waals surface area contributed by atoms with Gasteiger partial charge in [-0.25, -0.2) is 17.6 Å². The minimum Gasteiger partial charge on any atom is -0.364 e. The van der Waals surface area contributed by atoms with Gasteiger partial charge in [-0.05, 0) is 6.92 Å². The minimum atomic E-state index is -3.46. The van der Waals surface area contributed by atoms with Crippen LogP contribution in [-0.4, -0.2) is 50.1 Å². The molecule has 0 saturated carbocycles. The Hall–Kier alpha value is -1.68. The molecule has 1 aliphatic rings. The number of rotatable bonds is 4. The van der Waals surface area contributed by atoms with E-state index in [0.29, 0.717) is 5.69 Å². The van der Waals surface area contributed by atoms with E-state index >= 15 is 0 Å². The van der Waals surface area contributed by atoms with Gasteiger partial charge in [-0.15, -0.1) is 0 Å². The van der Waals surface area contributed by atoms with Crippen LogP contribution in [0.2, 0.25) is 5.02 Å². The van der Waals surface area contributed by atoms with Crippen LogP contribution in [0.5, 0.6) is 0 Å². The lowest BCUT2D eigenvalue weighted by Gasteiger charge is -2.29. The highest BCUT2D eigenvalue weighted by Gasteiger charge is 2.53. The number of hydrogen-bond acceptors (Lipinski definition) is 4. The fraction of sp³-hybridized carbons (Fsp3) is 0.545. The Balaban J connectivity index is 2.24.